The number of ether oxygens (including phenoxy) is 1. The zero-order chi connectivity index (χ0) is 13.2. The van der Waals surface area contributed by atoms with Crippen LogP contribution < -0.4 is 0 Å². The van der Waals surface area contributed by atoms with E-state index in [1.54, 1.807) is 0 Å². The molecule has 1 aliphatic carbocycles. The van der Waals surface area contributed by atoms with E-state index in [-0.39, 0.29) is 11.9 Å². The van der Waals surface area contributed by atoms with Crippen LogP contribution in [0.1, 0.15) is 29.5 Å². The van der Waals surface area contributed by atoms with E-state index < -0.39 is 0 Å². The number of carbonyl (C=O) groups is 1. The van der Waals surface area contributed by atoms with E-state index >= 15 is 0 Å². The molecule has 2 nitrogen and oxygen atoms in total. The van der Waals surface area contributed by atoms with Crippen LogP contribution in [-0.2, 0) is 9.53 Å². The molecular weight excluding hydrogens is 236 g/mol. The highest BCUT2D eigenvalue weighted by Crippen LogP contribution is 2.40. The minimum atomic E-state index is -0.283. The lowest BCUT2D eigenvalue weighted by molar-refractivity contribution is -0.134. The van der Waals surface area contributed by atoms with Crippen LogP contribution in [0.4, 0.5) is 0 Å². The van der Waals surface area contributed by atoms with Crippen LogP contribution >= 0.6 is 0 Å². The SMILES string of the molecule is CC(=O)OC1=CC(c2ccccc2)c2ccccc21. The molecule has 0 fully saturated rings. The Morgan fingerprint density at radius 2 is 1.68 bits per heavy atom. The van der Waals surface area contributed by atoms with Crippen molar-refractivity contribution in [2.45, 2.75) is 12.8 Å². The average molecular weight is 250 g/mol. The normalized spacial score (nSPS) is 16.7. The molecule has 0 amide bonds. The number of esters is 1. The van der Waals surface area contributed by atoms with Crippen LogP contribution in [0.15, 0.2) is 60.7 Å². The summed E-state index contributed by atoms with van der Waals surface area (Å²) in [6, 6.07) is 18.3. The summed E-state index contributed by atoms with van der Waals surface area (Å²) in [6.45, 7) is 1.43. The fourth-order valence-corrected chi connectivity index (χ4v) is 2.50. The van der Waals surface area contributed by atoms with Crippen LogP contribution in [0.5, 0.6) is 0 Å². The molecule has 94 valence electrons. The second kappa shape index (κ2) is 4.73. The molecule has 0 saturated carbocycles. The highest BCUT2D eigenvalue weighted by Gasteiger charge is 2.25. The summed E-state index contributed by atoms with van der Waals surface area (Å²) in [5.74, 6) is 0.540. The second-order valence-electron chi connectivity index (χ2n) is 4.60. The molecule has 0 aromatic heterocycles. The number of allylic oxidation sites excluding steroid dienone is 1. The highest BCUT2D eigenvalue weighted by atomic mass is 16.5. The summed E-state index contributed by atoms with van der Waals surface area (Å²) in [5, 5.41) is 0. The van der Waals surface area contributed by atoms with Crippen molar-refractivity contribution in [3.63, 3.8) is 0 Å². The number of fused-ring (bicyclic) bond motifs is 1. The van der Waals surface area contributed by atoms with Gasteiger partial charge in [0.15, 0.2) is 0 Å². The third-order valence-corrected chi connectivity index (χ3v) is 3.29. The topological polar surface area (TPSA) is 26.3 Å². The van der Waals surface area contributed by atoms with Crippen molar-refractivity contribution in [1.29, 1.82) is 0 Å². The van der Waals surface area contributed by atoms with Gasteiger partial charge in [0.1, 0.15) is 5.76 Å². The van der Waals surface area contributed by atoms with Gasteiger partial charge >= 0.3 is 5.97 Å². The van der Waals surface area contributed by atoms with Crippen molar-refractivity contribution >= 4 is 11.7 Å². The van der Waals surface area contributed by atoms with Crippen LogP contribution in [0.2, 0.25) is 0 Å². The average Bonchev–Trinajstić information content (AvgIpc) is 2.78. The van der Waals surface area contributed by atoms with Crippen molar-refractivity contribution in [3.05, 3.63) is 77.4 Å². The molecule has 0 spiro atoms. The maximum Gasteiger partial charge on any atom is 0.308 e. The lowest BCUT2D eigenvalue weighted by Crippen LogP contribution is -1.96. The first-order valence-electron chi connectivity index (χ1n) is 6.30. The molecule has 1 atom stereocenters. The molecule has 2 aromatic carbocycles. The number of hydrogen-bond donors (Lipinski definition) is 0. The van der Waals surface area contributed by atoms with Gasteiger partial charge in [-0.1, -0.05) is 54.6 Å². The molecule has 0 bridgehead atoms. The Balaban J connectivity index is 2.07. The Bertz CT molecular complexity index is 641. The Kier molecular flexibility index (Phi) is 2.92. The van der Waals surface area contributed by atoms with Crippen molar-refractivity contribution in [2.75, 3.05) is 0 Å². The van der Waals surface area contributed by atoms with E-state index in [4.69, 9.17) is 4.74 Å². The zero-order valence-electron chi connectivity index (χ0n) is 10.7. The van der Waals surface area contributed by atoms with Gasteiger partial charge in [0.05, 0.1) is 0 Å². The number of carbonyl (C=O) groups excluding carboxylic acids is 1. The van der Waals surface area contributed by atoms with Crippen LogP contribution in [0.25, 0.3) is 5.76 Å². The predicted molar refractivity (Wildman–Crippen MR) is 74.5 cm³/mol. The second-order valence-corrected chi connectivity index (χ2v) is 4.60. The van der Waals surface area contributed by atoms with Crippen LogP contribution in [0, 0.1) is 0 Å². The monoisotopic (exact) mass is 250 g/mol. The molecule has 2 aromatic rings. The Labute approximate surface area is 112 Å². The maximum absolute atomic E-state index is 11.2. The van der Waals surface area contributed by atoms with Gasteiger partial charge in [0.2, 0.25) is 0 Å². The molecular formula is C17H14O2. The standard InChI is InChI=1S/C17H14O2/c1-12(18)19-17-11-16(13-7-3-2-4-8-13)14-9-5-6-10-15(14)17/h2-11,16H,1H3. The van der Waals surface area contributed by atoms with Crippen LogP contribution in [0.3, 0.4) is 0 Å². The summed E-state index contributed by atoms with van der Waals surface area (Å²) in [6.07, 6.45) is 2.02. The van der Waals surface area contributed by atoms with Gasteiger partial charge in [-0.3, -0.25) is 4.79 Å². The molecule has 19 heavy (non-hydrogen) atoms. The zero-order valence-corrected chi connectivity index (χ0v) is 10.7. The molecule has 0 radical (unpaired) electrons. The predicted octanol–water partition coefficient (Wildman–Crippen LogP) is 3.74. The fraction of sp³-hybridized carbons (Fsp3) is 0.118. The summed E-state index contributed by atoms with van der Waals surface area (Å²) < 4.78 is 5.31. The summed E-state index contributed by atoms with van der Waals surface area (Å²) in [4.78, 5) is 11.2. The molecule has 0 aliphatic heterocycles. The minimum absolute atomic E-state index is 0.159. The van der Waals surface area contributed by atoms with Gasteiger partial charge in [-0.25, -0.2) is 0 Å². The lowest BCUT2D eigenvalue weighted by Gasteiger charge is -2.10. The van der Waals surface area contributed by atoms with E-state index in [0.29, 0.717) is 5.76 Å². The molecule has 1 aliphatic rings. The number of rotatable bonds is 2. The van der Waals surface area contributed by atoms with Crippen molar-refractivity contribution in [2.24, 2.45) is 0 Å². The van der Waals surface area contributed by atoms with E-state index in [0.717, 1.165) is 5.56 Å². The molecule has 1 unspecified atom stereocenters. The lowest BCUT2D eigenvalue weighted by atomic mass is 9.93. The third kappa shape index (κ3) is 2.17. The maximum atomic E-state index is 11.2. The number of hydrogen-bond acceptors (Lipinski definition) is 2. The summed E-state index contributed by atoms with van der Waals surface area (Å²) in [5.41, 5.74) is 3.40. The molecule has 0 heterocycles. The van der Waals surface area contributed by atoms with E-state index in [1.807, 2.05) is 42.5 Å². The Morgan fingerprint density at radius 3 is 2.42 bits per heavy atom. The first kappa shape index (κ1) is 11.7. The van der Waals surface area contributed by atoms with Gasteiger partial charge in [-0.15, -0.1) is 0 Å². The van der Waals surface area contributed by atoms with E-state index in [2.05, 4.69) is 18.2 Å². The van der Waals surface area contributed by atoms with Crippen LogP contribution in [-0.4, -0.2) is 5.97 Å². The molecule has 0 saturated heterocycles. The summed E-state index contributed by atoms with van der Waals surface area (Å²) >= 11 is 0. The quantitative estimate of drug-likeness (QED) is 0.759. The van der Waals surface area contributed by atoms with Crippen molar-refractivity contribution in [1.82, 2.24) is 0 Å². The van der Waals surface area contributed by atoms with Gasteiger partial charge in [0, 0.05) is 18.4 Å². The van der Waals surface area contributed by atoms with Crippen molar-refractivity contribution < 1.29 is 9.53 Å². The Hall–Kier alpha value is -2.35. The largest absolute Gasteiger partial charge is 0.426 e. The highest BCUT2D eigenvalue weighted by molar-refractivity contribution is 5.80. The van der Waals surface area contributed by atoms with Gasteiger partial charge in [-0.05, 0) is 17.2 Å². The van der Waals surface area contributed by atoms with Gasteiger partial charge in [0.25, 0.3) is 0 Å². The first-order valence-corrected chi connectivity index (χ1v) is 6.30. The summed E-state index contributed by atoms with van der Waals surface area (Å²) in [7, 11) is 0. The fourth-order valence-electron chi connectivity index (χ4n) is 2.50. The molecule has 3 rings (SSSR count). The van der Waals surface area contributed by atoms with Gasteiger partial charge < -0.3 is 4.74 Å². The molecule has 2 heteroatoms. The molecule has 0 N–H and O–H groups in total. The van der Waals surface area contributed by atoms with E-state index in [1.165, 1.54) is 18.1 Å². The smallest absolute Gasteiger partial charge is 0.308 e. The number of benzene rings is 2. The van der Waals surface area contributed by atoms with Crippen molar-refractivity contribution in [3.8, 4) is 0 Å². The van der Waals surface area contributed by atoms with E-state index in [9.17, 15) is 4.79 Å². The van der Waals surface area contributed by atoms with Gasteiger partial charge in [-0.2, -0.15) is 0 Å². The first-order chi connectivity index (χ1) is 9.25. The Morgan fingerprint density at radius 1 is 1.00 bits per heavy atom. The third-order valence-electron chi connectivity index (χ3n) is 3.29. The minimum Gasteiger partial charge on any atom is -0.426 e.